The molecule has 3 aliphatic heterocycles. The summed E-state index contributed by atoms with van der Waals surface area (Å²) in [5.41, 5.74) is 7.54. The summed E-state index contributed by atoms with van der Waals surface area (Å²) in [4.78, 5) is 25.3. The number of rotatable bonds is 2. The smallest absolute Gasteiger partial charge is 0.219 e. The number of ether oxygens (including phenoxy) is 2. The van der Waals surface area contributed by atoms with Gasteiger partial charge in [-0.2, -0.15) is 0 Å². The van der Waals surface area contributed by atoms with Gasteiger partial charge in [0.2, 0.25) is 5.95 Å². The second kappa shape index (κ2) is 6.32. The minimum atomic E-state index is -0.481. The van der Waals surface area contributed by atoms with Crippen LogP contribution in [-0.2, 0) is 21.6 Å². The highest BCUT2D eigenvalue weighted by Crippen LogP contribution is 2.38. The van der Waals surface area contributed by atoms with E-state index in [4.69, 9.17) is 30.2 Å². The van der Waals surface area contributed by atoms with Gasteiger partial charge in [0.25, 0.3) is 0 Å². The minimum Gasteiger partial charge on any atom is -0.376 e. The van der Waals surface area contributed by atoms with Crippen molar-refractivity contribution in [3.63, 3.8) is 0 Å². The normalized spacial score (nSPS) is 24.9. The molecular weight excluding hydrogens is 384 g/mol. The van der Waals surface area contributed by atoms with Crippen molar-refractivity contribution in [3.8, 4) is 11.4 Å². The van der Waals surface area contributed by atoms with Crippen molar-refractivity contribution in [1.29, 1.82) is 0 Å². The Labute approximate surface area is 173 Å². The van der Waals surface area contributed by atoms with E-state index >= 15 is 0 Å². The Balaban J connectivity index is 1.55. The zero-order valence-corrected chi connectivity index (χ0v) is 17.1. The van der Waals surface area contributed by atoms with Gasteiger partial charge in [0.05, 0.1) is 18.3 Å². The van der Waals surface area contributed by atoms with E-state index in [1.807, 2.05) is 13.8 Å². The second-order valence-corrected chi connectivity index (χ2v) is 8.68. The van der Waals surface area contributed by atoms with Crippen molar-refractivity contribution in [2.24, 2.45) is 5.92 Å². The molecule has 2 atom stereocenters. The molecule has 2 unspecified atom stereocenters. The van der Waals surface area contributed by atoms with Crippen molar-refractivity contribution < 1.29 is 9.47 Å². The molecule has 3 aromatic heterocycles. The number of nitrogen functional groups attached to an aromatic ring is 1. The molecule has 3 aliphatic rings. The molecule has 0 bridgehead atoms. The van der Waals surface area contributed by atoms with Gasteiger partial charge in [0, 0.05) is 44.6 Å². The van der Waals surface area contributed by atoms with Gasteiger partial charge in [-0.15, -0.1) is 0 Å². The molecule has 0 spiro atoms. The molecule has 0 saturated carbocycles. The van der Waals surface area contributed by atoms with E-state index in [0.29, 0.717) is 24.9 Å². The molecule has 10 nitrogen and oxygen atoms in total. The average Bonchev–Trinajstić information content (AvgIpc) is 3.41. The number of nitrogens with zero attached hydrogens (tertiary/aromatic N) is 7. The molecule has 2 N–H and O–H groups in total. The molecule has 156 valence electrons. The summed E-state index contributed by atoms with van der Waals surface area (Å²) in [6.07, 6.45) is 4.68. The molecule has 2 saturated heterocycles. The number of hydrogen-bond donors (Lipinski definition) is 1. The number of aromatic nitrogens is 6. The number of fused-ring (bicyclic) bond motifs is 4. The monoisotopic (exact) mass is 408 g/mol. The van der Waals surface area contributed by atoms with E-state index in [2.05, 4.69) is 19.4 Å². The summed E-state index contributed by atoms with van der Waals surface area (Å²) >= 11 is 0. The number of anilines is 2. The van der Waals surface area contributed by atoms with Crippen LogP contribution in [0.1, 0.15) is 26.1 Å². The summed E-state index contributed by atoms with van der Waals surface area (Å²) in [7, 11) is 0. The predicted octanol–water partition coefficient (Wildman–Crippen LogP) is 1.36. The zero-order chi connectivity index (χ0) is 20.5. The quantitative estimate of drug-likeness (QED) is 0.670. The van der Waals surface area contributed by atoms with E-state index in [1.165, 1.54) is 0 Å². The highest BCUT2D eigenvalue weighted by Gasteiger charge is 2.40. The lowest BCUT2D eigenvalue weighted by atomic mass is 10.1. The third kappa shape index (κ3) is 2.67. The molecule has 6 heterocycles. The Hall–Kier alpha value is -2.85. The van der Waals surface area contributed by atoms with Crippen LogP contribution in [0.25, 0.3) is 22.6 Å². The van der Waals surface area contributed by atoms with Gasteiger partial charge in [-0.25, -0.2) is 24.9 Å². The van der Waals surface area contributed by atoms with E-state index in [1.54, 1.807) is 12.4 Å². The molecule has 0 aliphatic carbocycles. The van der Waals surface area contributed by atoms with Crippen LogP contribution in [0.4, 0.5) is 11.8 Å². The van der Waals surface area contributed by atoms with Crippen molar-refractivity contribution in [2.45, 2.75) is 38.5 Å². The first-order valence-electron chi connectivity index (χ1n) is 10.4. The van der Waals surface area contributed by atoms with Gasteiger partial charge in [0.15, 0.2) is 22.8 Å². The van der Waals surface area contributed by atoms with E-state index in [-0.39, 0.29) is 12.1 Å². The van der Waals surface area contributed by atoms with Crippen molar-refractivity contribution in [1.82, 2.24) is 29.5 Å². The van der Waals surface area contributed by atoms with Gasteiger partial charge >= 0.3 is 0 Å². The fourth-order valence-corrected chi connectivity index (χ4v) is 4.77. The lowest BCUT2D eigenvalue weighted by Crippen LogP contribution is -2.33. The summed E-state index contributed by atoms with van der Waals surface area (Å²) < 4.78 is 14.0. The molecule has 0 radical (unpaired) electrons. The number of nitrogens with two attached hydrogens (primary N) is 1. The second-order valence-electron chi connectivity index (χ2n) is 8.68. The van der Waals surface area contributed by atoms with Gasteiger partial charge < -0.3 is 24.7 Å². The molecule has 6 rings (SSSR count). The molecule has 30 heavy (non-hydrogen) atoms. The average molecular weight is 408 g/mol. The van der Waals surface area contributed by atoms with Crippen LogP contribution < -0.4 is 10.6 Å². The molecule has 0 amide bonds. The SMILES string of the molecule is CC1(C)OCCn2c1nc1c(N3CC4CCOC4C3)nc(-c3cnc(N)nc3)nc12. The third-order valence-corrected chi connectivity index (χ3v) is 6.32. The fraction of sp³-hybridized carbons (Fsp3) is 0.550. The molecule has 3 aromatic rings. The standard InChI is InChI=1S/C20H24N8O2/c1-20(2)18-24-14-16(27-9-11-3-5-29-13(11)10-27)25-15(12-7-22-19(21)23-8-12)26-17(14)28(18)4-6-30-20/h7-8,11,13H,3-6,9-10H2,1-2H3,(H2,21,22,23). The third-order valence-electron chi connectivity index (χ3n) is 6.32. The van der Waals surface area contributed by atoms with Gasteiger partial charge in [-0.1, -0.05) is 0 Å². The fourth-order valence-electron chi connectivity index (χ4n) is 4.77. The van der Waals surface area contributed by atoms with Crippen LogP contribution in [0.2, 0.25) is 0 Å². The first-order valence-corrected chi connectivity index (χ1v) is 10.4. The topological polar surface area (TPSA) is 117 Å². The van der Waals surface area contributed by atoms with E-state index in [0.717, 1.165) is 54.5 Å². The Morgan fingerprint density at radius 3 is 2.73 bits per heavy atom. The Bertz CT molecular complexity index is 1110. The Morgan fingerprint density at radius 1 is 1.10 bits per heavy atom. The maximum atomic E-state index is 5.98. The summed E-state index contributed by atoms with van der Waals surface area (Å²) in [5.74, 6) is 3.05. The maximum Gasteiger partial charge on any atom is 0.219 e. The molecule has 2 fully saturated rings. The molecule has 0 aromatic carbocycles. The highest BCUT2D eigenvalue weighted by atomic mass is 16.5. The summed E-state index contributed by atoms with van der Waals surface area (Å²) in [5, 5.41) is 0. The minimum absolute atomic E-state index is 0.227. The van der Waals surface area contributed by atoms with Crippen molar-refractivity contribution in [2.75, 3.05) is 36.9 Å². The Morgan fingerprint density at radius 2 is 1.93 bits per heavy atom. The van der Waals surface area contributed by atoms with Crippen LogP contribution in [0, 0.1) is 5.92 Å². The predicted molar refractivity (Wildman–Crippen MR) is 110 cm³/mol. The zero-order valence-electron chi connectivity index (χ0n) is 17.1. The number of imidazole rings is 1. The summed E-state index contributed by atoms with van der Waals surface area (Å²) in [6.45, 7) is 7.98. The molecule has 10 heteroatoms. The van der Waals surface area contributed by atoms with Gasteiger partial charge in [-0.3, -0.25) is 0 Å². The maximum absolute atomic E-state index is 5.98. The lowest BCUT2D eigenvalue weighted by molar-refractivity contribution is -0.0530. The van der Waals surface area contributed by atoms with Crippen LogP contribution in [-0.4, -0.2) is 61.9 Å². The van der Waals surface area contributed by atoms with E-state index < -0.39 is 5.60 Å². The van der Waals surface area contributed by atoms with Crippen LogP contribution in [0.5, 0.6) is 0 Å². The first kappa shape index (κ1) is 18.0. The lowest BCUT2D eigenvalue weighted by Gasteiger charge is -2.30. The van der Waals surface area contributed by atoms with Crippen LogP contribution >= 0.6 is 0 Å². The highest BCUT2D eigenvalue weighted by molar-refractivity contribution is 5.86. The van der Waals surface area contributed by atoms with Crippen molar-refractivity contribution in [3.05, 3.63) is 18.2 Å². The van der Waals surface area contributed by atoms with Crippen LogP contribution in [0.3, 0.4) is 0 Å². The van der Waals surface area contributed by atoms with Crippen molar-refractivity contribution >= 4 is 22.9 Å². The largest absolute Gasteiger partial charge is 0.376 e. The Kier molecular flexibility index (Phi) is 3.79. The van der Waals surface area contributed by atoms with E-state index in [9.17, 15) is 0 Å². The first-order chi connectivity index (χ1) is 14.5. The van der Waals surface area contributed by atoms with Gasteiger partial charge in [-0.05, 0) is 20.3 Å². The number of hydrogen-bond acceptors (Lipinski definition) is 9. The molecular formula is C20H24N8O2. The van der Waals surface area contributed by atoms with Gasteiger partial charge in [0.1, 0.15) is 11.4 Å². The van der Waals surface area contributed by atoms with Crippen LogP contribution in [0.15, 0.2) is 12.4 Å². The summed E-state index contributed by atoms with van der Waals surface area (Å²) in [6, 6.07) is 0.